The van der Waals surface area contributed by atoms with Gasteiger partial charge in [-0.05, 0) is 62.6 Å². The molecular weight excluding hydrogens is 350 g/mol. The van der Waals surface area contributed by atoms with Gasteiger partial charge in [0.1, 0.15) is 11.3 Å². The fraction of sp³-hybridized carbons (Fsp3) is 0.450. The van der Waals surface area contributed by atoms with Crippen LogP contribution in [0.15, 0.2) is 39.5 Å². The molecule has 0 unspecified atom stereocenters. The molecule has 1 atom stereocenters. The third kappa shape index (κ3) is 4.87. The van der Waals surface area contributed by atoms with E-state index in [1.807, 2.05) is 0 Å². The summed E-state index contributed by atoms with van der Waals surface area (Å²) in [5.41, 5.74) is -0.0452. The van der Waals surface area contributed by atoms with Gasteiger partial charge in [0.05, 0.1) is 0 Å². The highest BCUT2D eigenvalue weighted by atomic mass is 16.5. The van der Waals surface area contributed by atoms with Crippen LogP contribution in [-0.4, -0.2) is 24.5 Å². The van der Waals surface area contributed by atoms with Crippen molar-refractivity contribution >= 4 is 22.8 Å². The van der Waals surface area contributed by atoms with Gasteiger partial charge in [-0.1, -0.05) is 0 Å². The third-order valence-electron chi connectivity index (χ3n) is 5.02. The second kappa shape index (κ2) is 8.24. The van der Waals surface area contributed by atoms with Gasteiger partial charge in [0.2, 0.25) is 0 Å². The molecule has 0 bridgehead atoms. The maximum atomic E-state index is 12.3. The molecule has 1 saturated carbocycles. The topological polar surface area (TPSA) is 109 Å². The number of hydrogen-bond donors (Lipinski definition) is 1. The number of carbonyl (C=O) groups excluding carboxylic acids is 2. The van der Waals surface area contributed by atoms with E-state index in [1.165, 1.54) is 6.07 Å². The summed E-state index contributed by atoms with van der Waals surface area (Å²) in [5.74, 6) is -0.884. The Morgan fingerprint density at radius 2 is 1.93 bits per heavy atom. The summed E-state index contributed by atoms with van der Waals surface area (Å²) in [6.07, 6.45) is 2.00. The summed E-state index contributed by atoms with van der Waals surface area (Å²) >= 11 is 0. The number of nitrogens with one attached hydrogen (secondary N) is 1. The first-order chi connectivity index (χ1) is 12.9. The molecule has 1 aromatic heterocycles. The van der Waals surface area contributed by atoms with Crippen LogP contribution in [-0.2, 0) is 9.59 Å². The van der Waals surface area contributed by atoms with Crippen LogP contribution in [0.25, 0.3) is 11.0 Å². The lowest BCUT2D eigenvalue weighted by Crippen LogP contribution is -2.40. The fourth-order valence-corrected chi connectivity index (χ4v) is 3.36. The van der Waals surface area contributed by atoms with Crippen LogP contribution in [0.5, 0.6) is 5.75 Å². The minimum Gasteiger partial charge on any atom is -0.550 e. The molecule has 7 heteroatoms. The van der Waals surface area contributed by atoms with Crippen LogP contribution in [0.1, 0.15) is 32.6 Å². The zero-order chi connectivity index (χ0) is 19.4. The zero-order valence-electron chi connectivity index (χ0n) is 15.1. The summed E-state index contributed by atoms with van der Waals surface area (Å²) in [5, 5.41) is 14.5. The quantitative estimate of drug-likeness (QED) is 0.764. The molecule has 2 aromatic rings. The Balaban J connectivity index is 1.51. The van der Waals surface area contributed by atoms with Crippen molar-refractivity contribution in [1.82, 2.24) is 5.32 Å². The van der Waals surface area contributed by atoms with Crippen LogP contribution in [0.3, 0.4) is 0 Å². The highest BCUT2D eigenvalue weighted by Gasteiger charge is 2.23. The predicted molar refractivity (Wildman–Crippen MR) is 96.0 cm³/mol. The van der Waals surface area contributed by atoms with Gasteiger partial charge in [0.15, 0.2) is 6.10 Å². The molecule has 0 radical (unpaired) electrons. The average molecular weight is 372 g/mol. The molecule has 7 nitrogen and oxygen atoms in total. The molecule has 1 aliphatic rings. The molecule has 1 heterocycles. The van der Waals surface area contributed by atoms with Gasteiger partial charge >= 0.3 is 5.63 Å². The Morgan fingerprint density at radius 1 is 1.22 bits per heavy atom. The molecule has 3 rings (SSSR count). The van der Waals surface area contributed by atoms with Crippen molar-refractivity contribution in [3.63, 3.8) is 0 Å². The lowest BCUT2D eigenvalue weighted by Gasteiger charge is -2.29. The largest absolute Gasteiger partial charge is 0.550 e. The standard InChI is InChI=1S/C20H23NO6/c1-12(19(23)21-11-13-2-4-15(5-3-13)20(24)25)26-16-8-6-14-7-9-18(22)27-17(14)10-16/h6-10,12-13,15H,2-5,11H2,1H3,(H,21,23)(H,24,25)/p-1/t12-,13?,15?/m1/s1. The Bertz CT molecular complexity index is 881. The molecule has 1 fully saturated rings. The van der Waals surface area contributed by atoms with Gasteiger partial charge in [0, 0.05) is 30.0 Å². The number of fused-ring (bicyclic) bond motifs is 1. The average Bonchev–Trinajstić information content (AvgIpc) is 2.66. The van der Waals surface area contributed by atoms with Gasteiger partial charge in [-0.25, -0.2) is 4.79 Å². The van der Waals surface area contributed by atoms with Gasteiger partial charge in [0.25, 0.3) is 5.91 Å². The first-order valence-electron chi connectivity index (χ1n) is 9.11. The van der Waals surface area contributed by atoms with Crippen LogP contribution in [0, 0.1) is 11.8 Å². The molecule has 0 aliphatic heterocycles. The summed E-state index contributed by atoms with van der Waals surface area (Å²) in [7, 11) is 0. The highest BCUT2D eigenvalue weighted by Crippen LogP contribution is 2.28. The minimum absolute atomic E-state index is 0.244. The van der Waals surface area contributed by atoms with Crippen molar-refractivity contribution in [2.24, 2.45) is 11.8 Å². The fourth-order valence-electron chi connectivity index (χ4n) is 3.36. The number of benzene rings is 1. The summed E-state index contributed by atoms with van der Waals surface area (Å²) in [4.78, 5) is 34.4. The third-order valence-corrected chi connectivity index (χ3v) is 5.02. The normalized spacial score (nSPS) is 20.8. The van der Waals surface area contributed by atoms with Crippen LogP contribution >= 0.6 is 0 Å². The number of ether oxygens (including phenoxy) is 1. The maximum absolute atomic E-state index is 12.3. The number of hydrogen-bond acceptors (Lipinski definition) is 6. The summed E-state index contributed by atoms with van der Waals surface area (Å²) in [6, 6.07) is 8.07. The lowest BCUT2D eigenvalue weighted by molar-refractivity contribution is -0.312. The molecule has 0 spiro atoms. The second-order valence-corrected chi connectivity index (χ2v) is 7.00. The van der Waals surface area contributed by atoms with Crippen LogP contribution in [0.2, 0.25) is 0 Å². The smallest absolute Gasteiger partial charge is 0.336 e. The van der Waals surface area contributed by atoms with Crippen LogP contribution < -0.4 is 20.8 Å². The maximum Gasteiger partial charge on any atom is 0.336 e. The van der Waals surface area contributed by atoms with E-state index in [-0.39, 0.29) is 17.7 Å². The number of carboxylic acid groups (broad SMARTS) is 1. The number of carboxylic acids is 1. The monoisotopic (exact) mass is 372 g/mol. The first-order valence-corrected chi connectivity index (χ1v) is 9.11. The van der Waals surface area contributed by atoms with E-state index in [1.54, 1.807) is 31.2 Å². The van der Waals surface area contributed by atoms with E-state index >= 15 is 0 Å². The Hall–Kier alpha value is -2.83. The zero-order valence-corrected chi connectivity index (χ0v) is 15.1. The van der Waals surface area contributed by atoms with Gasteiger partial charge in [-0.3, -0.25) is 4.79 Å². The Morgan fingerprint density at radius 3 is 2.63 bits per heavy atom. The van der Waals surface area contributed by atoms with Crippen molar-refractivity contribution in [1.29, 1.82) is 0 Å². The highest BCUT2D eigenvalue weighted by molar-refractivity contribution is 5.81. The summed E-state index contributed by atoms with van der Waals surface area (Å²) < 4.78 is 10.8. The molecule has 1 aromatic carbocycles. The number of amides is 1. The molecule has 1 amide bonds. The summed E-state index contributed by atoms with van der Waals surface area (Å²) in [6.45, 7) is 2.15. The molecule has 1 N–H and O–H groups in total. The molecule has 0 saturated heterocycles. The van der Waals surface area contributed by atoms with Crippen molar-refractivity contribution in [3.05, 3.63) is 40.8 Å². The first kappa shape index (κ1) is 18.9. The number of rotatable bonds is 6. The molecule has 27 heavy (non-hydrogen) atoms. The van der Waals surface area contributed by atoms with Crippen molar-refractivity contribution in [3.8, 4) is 5.75 Å². The minimum atomic E-state index is -0.981. The molecule has 1 aliphatic carbocycles. The predicted octanol–water partition coefficient (Wildman–Crippen LogP) is 1.23. The second-order valence-electron chi connectivity index (χ2n) is 7.00. The van der Waals surface area contributed by atoms with E-state index in [0.717, 1.165) is 18.2 Å². The molecule has 144 valence electrons. The van der Waals surface area contributed by atoms with Gasteiger partial charge in [-0.2, -0.15) is 0 Å². The van der Waals surface area contributed by atoms with E-state index in [4.69, 9.17) is 9.15 Å². The number of aliphatic carboxylic acids is 1. The van der Waals surface area contributed by atoms with Gasteiger partial charge in [-0.15, -0.1) is 0 Å². The lowest BCUT2D eigenvalue weighted by atomic mass is 9.82. The number of carbonyl (C=O) groups is 2. The van der Waals surface area contributed by atoms with E-state index < -0.39 is 17.7 Å². The van der Waals surface area contributed by atoms with Crippen molar-refractivity contribution in [2.45, 2.75) is 38.7 Å². The Labute approximate surface area is 156 Å². The van der Waals surface area contributed by atoms with Crippen molar-refractivity contribution < 1.29 is 23.8 Å². The van der Waals surface area contributed by atoms with E-state index in [0.29, 0.717) is 30.7 Å². The van der Waals surface area contributed by atoms with Gasteiger partial charge < -0.3 is 24.4 Å². The van der Waals surface area contributed by atoms with Crippen molar-refractivity contribution in [2.75, 3.05) is 6.54 Å². The Kier molecular flexibility index (Phi) is 5.78. The van der Waals surface area contributed by atoms with E-state index in [2.05, 4.69) is 5.32 Å². The van der Waals surface area contributed by atoms with Crippen LogP contribution in [0.4, 0.5) is 0 Å². The SMILES string of the molecule is C[C@@H](Oc1ccc2ccc(=O)oc2c1)C(=O)NCC1CCC(C(=O)[O-])CC1. The molecular formula is C20H22NO6-. The van der Waals surface area contributed by atoms with E-state index in [9.17, 15) is 19.5 Å².